The van der Waals surface area contributed by atoms with Crippen LogP contribution in [-0.4, -0.2) is 59.1 Å². The topological polar surface area (TPSA) is 76.5 Å². The first kappa shape index (κ1) is 18.6. The molecule has 8 heteroatoms. The molecule has 0 aliphatic carbocycles. The van der Waals surface area contributed by atoms with E-state index in [-0.39, 0.29) is 18.4 Å². The summed E-state index contributed by atoms with van der Waals surface area (Å²) in [4.78, 5) is 32.1. The highest BCUT2D eigenvalue weighted by molar-refractivity contribution is 7.12. The van der Waals surface area contributed by atoms with Crippen molar-refractivity contribution >= 4 is 34.2 Å². The van der Waals surface area contributed by atoms with Crippen molar-refractivity contribution in [3.63, 3.8) is 0 Å². The van der Waals surface area contributed by atoms with Crippen molar-refractivity contribution in [3.05, 3.63) is 52.5 Å². The fourth-order valence-corrected chi connectivity index (χ4v) is 3.96. The molecule has 7 nitrogen and oxygen atoms in total. The van der Waals surface area contributed by atoms with Crippen LogP contribution < -0.4 is 5.32 Å². The zero-order chi connectivity index (χ0) is 19.3. The molecule has 1 aromatic carbocycles. The summed E-state index contributed by atoms with van der Waals surface area (Å²) >= 11 is 1.42. The van der Waals surface area contributed by atoms with Crippen molar-refractivity contribution in [1.29, 1.82) is 0 Å². The summed E-state index contributed by atoms with van der Waals surface area (Å²) in [6.07, 6.45) is 0.558. The van der Waals surface area contributed by atoms with E-state index in [1.165, 1.54) is 11.3 Å². The van der Waals surface area contributed by atoms with Gasteiger partial charge in [0.15, 0.2) is 0 Å². The molecule has 0 unspecified atom stereocenters. The second-order valence-corrected chi connectivity index (χ2v) is 7.53. The van der Waals surface area contributed by atoms with Crippen LogP contribution in [0.2, 0.25) is 0 Å². The van der Waals surface area contributed by atoms with E-state index < -0.39 is 0 Å². The summed E-state index contributed by atoms with van der Waals surface area (Å²) < 4.78 is 7.30. The minimum atomic E-state index is -0.0814. The van der Waals surface area contributed by atoms with Crippen molar-refractivity contribution in [2.45, 2.75) is 13.0 Å². The van der Waals surface area contributed by atoms with Gasteiger partial charge >= 0.3 is 0 Å². The lowest BCUT2D eigenvalue weighted by atomic mass is 10.3. The highest BCUT2D eigenvalue weighted by atomic mass is 32.1. The van der Waals surface area contributed by atoms with Crippen molar-refractivity contribution in [1.82, 2.24) is 19.8 Å². The second kappa shape index (κ2) is 8.53. The number of amides is 2. The number of benzene rings is 1. The van der Waals surface area contributed by atoms with Gasteiger partial charge in [0, 0.05) is 26.1 Å². The molecule has 0 saturated carbocycles. The number of aromatic nitrogens is 2. The molecule has 0 spiro atoms. The predicted molar refractivity (Wildman–Crippen MR) is 107 cm³/mol. The normalized spacial score (nSPS) is 14.4. The molecule has 2 aromatic heterocycles. The van der Waals surface area contributed by atoms with Gasteiger partial charge in [0.25, 0.3) is 5.91 Å². The number of thiophene rings is 1. The van der Waals surface area contributed by atoms with Crippen molar-refractivity contribution < 1.29 is 14.3 Å². The number of imidazole rings is 1. The molecular weight excluding hydrogens is 376 g/mol. The third-order valence-corrected chi connectivity index (χ3v) is 5.64. The van der Waals surface area contributed by atoms with Crippen molar-refractivity contribution in [2.24, 2.45) is 0 Å². The Morgan fingerprint density at radius 1 is 1.14 bits per heavy atom. The Balaban J connectivity index is 1.48. The maximum atomic E-state index is 12.8. The smallest absolute Gasteiger partial charge is 0.261 e. The van der Waals surface area contributed by atoms with E-state index in [1.54, 1.807) is 6.07 Å². The number of rotatable bonds is 6. The largest absolute Gasteiger partial charge is 0.378 e. The number of ether oxygens (including phenoxy) is 1. The molecule has 1 saturated heterocycles. The van der Waals surface area contributed by atoms with Gasteiger partial charge in [-0.05, 0) is 23.6 Å². The Labute approximate surface area is 166 Å². The van der Waals surface area contributed by atoms with E-state index >= 15 is 0 Å². The summed E-state index contributed by atoms with van der Waals surface area (Å²) in [5.74, 6) is 0.784. The Morgan fingerprint density at radius 2 is 1.96 bits per heavy atom. The van der Waals surface area contributed by atoms with Crippen LogP contribution >= 0.6 is 11.3 Å². The van der Waals surface area contributed by atoms with E-state index in [0.29, 0.717) is 44.1 Å². The summed E-state index contributed by atoms with van der Waals surface area (Å²) in [5, 5.41) is 4.81. The molecule has 3 aromatic rings. The van der Waals surface area contributed by atoms with E-state index in [2.05, 4.69) is 10.3 Å². The lowest BCUT2D eigenvalue weighted by molar-refractivity contribution is -0.135. The van der Waals surface area contributed by atoms with Gasteiger partial charge in [-0.2, -0.15) is 0 Å². The maximum absolute atomic E-state index is 12.8. The number of morpholine rings is 1. The number of fused-ring (bicyclic) bond motifs is 1. The minimum Gasteiger partial charge on any atom is -0.378 e. The van der Waals surface area contributed by atoms with E-state index in [9.17, 15) is 9.59 Å². The van der Waals surface area contributed by atoms with Gasteiger partial charge in [-0.25, -0.2) is 4.98 Å². The molecule has 1 fully saturated rings. The molecule has 1 aliphatic heterocycles. The Hall–Kier alpha value is -2.71. The van der Waals surface area contributed by atoms with Gasteiger partial charge in [-0.15, -0.1) is 11.3 Å². The highest BCUT2D eigenvalue weighted by Crippen LogP contribution is 2.17. The molecule has 0 bridgehead atoms. The summed E-state index contributed by atoms with van der Waals surface area (Å²) in [6, 6.07) is 11.5. The fourth-order valence-electron chi connectivity index (χ4n) is 3.32. The van der Waals surface area contributed by atoms with Gasteiger partial charge in [-0.3, -0.25) is 9.59 Å². The Bertz CT molecular complexity index is 961. The molecule has 1 aliphatic rings. The van der Waals surface area contributed by atoms with Gasteiger partial charge in [0.05, 0.1) is 29.1 Å². The van der Waals surface area contributed by atoms with E-state index in [0.717, 1.165) is 16.9 Å². The van der Waals surface area contributed by atoms with Crippen LogP contribution in [0.4, 0.5) is 0 Å². The SMILES string of the molecule is O=C(NCCc1nc2ccccc2n1CC(=O)N1CCOCC1)c1cccs1. The van der Waals surface area contributed by atoms with E-state index in [4.69, 9.17) is 4.74 Å². The molecule has 2 amide bonds. The molecule has 0 radical (unpaired) electrons. The third kappa shape index (κ3) is 4.07. The number of nitrogens with zero attached hydrogens (tertiary/aromatic N) is 3. The van der Waals surface area contributed by atoms with Gasteiger partial charge in [-0.1, -0.05) is 18.2 Å². The number of carbonyl (C=O) groups is 2. The zero-order valence-electron chi connectivity index (χ0n) is 15.5. The van der Waals surface area contributed by atoms with Gasteiger partial charge in [0.1, 0.15) is 12.4 Å². The lowest BCUT2D eigenvalue weighted by Crippen LogP contribution is -2.42. The minimum absolute atomic E-state index is 0.0651. The molecular formula is C20H22N4O3S. The van der Waals surface area contributed by atoms with E-state index in [1.807, 2.05) is 45.2 Å². The maximum Gasteiger partial charge on any atom is 0.261 e. The zero-order valence-corrected chi connectivity index (χ0v) is 16.3. The quantitative estimate of drug-likeness (QED) is 0.688. The fraction of sp³-hybridized carbons (Fsp3) is 0.350. The molecule has 3 heterocycles. The summed E-state index contributed by atoms with van der Waals surface area (Å²) in [7, 11) is 0. The second-order valence-electron chi connectivity index (χ2n) is 6.58. The van der Waals surface area contributed by atoms with Crippen molar-refractivity contribution in [3.8, 4) is 0 Å². The average Bonchev–Trinajstić information content (AvgIpc) is 3.38. The standard InChI is InChI=1S/C20H22N4O3S/c25-19(23-9-11-27-12-10-23)14-24-16-5-2-1-4-15(16)22-18(24)7-8-21-20(26)17-6-3-13-28-17/h1-6,13H,7-12,14H2,(H,21,26). The molecule has 146 valence electrons. The first-order valence-corrected chi connectivity index (χ1v) is 10.2. The monoisotopic (exact) mass is 398 g/mol. The Kier molecular flexibility index (Phi) is 5.68. The third-order valence-electron chi connectivity index (χ3n) is 4.77. The van der Waals surface area contributed by atoms with Crippen LogP contribution in [-0.2, 0) is 22.5 Å². The highest BCUT2D eigenvalue weighted by Gasteiger charge is 2.20. The average molecular weight is 398 g/mol. The van der Waals surface area contributed by atoms with Crippen LogP contribution in [0.25, 0.3) is 11.0 Å². The number of carbonyl (C=O) groups excluding carboxylic acids is 2. The molecule has 0 atom stereocenters. The van der Waals surface area contributed by atoms with Gasteiger partial charge in [0.2, 0.25) is 5.91 Å². The van der Waals surface area contributed by atoms with Gasteiger partial charge < -0.3 is 19.5 Å². The first-order chi connectivity index (χ1) is 13.7. The Morgan fingerprint density at radius 3 is 2.75 bits per heavy atom. The molecule has 28 heavy (non-hydrogen) atoms. The van der Waals surface area contributed by atoms with Crippen molar-refractivity contribution in [2.75, 3.05) is 32.8 Å². The lowest BCUT2D eigenvalue weighted by Gasteiger charge is -2.27. The van der Waals surface area contributed by atoms with Crippen LogP contribution in [0.5, 0.6) is 0 Å². The number of para-hydroxylation sites is 2. The molecule has 4 rings (SSSR count). The summed E-state index contributed by atoms with van der Waals surface area (Å²) in [6.45, 7) is 3.12. The van der Waals surface area contributed by atoms with Crippen LogP contribution in [0.3, 0.4) is 0 Å². The summed E-state index contributed by atoms with van der Waals surface area (Å²) in [5.41, 5.74) is 1.79. The predicted octanol–water partition coefficient (Wildman–Crippen LogP) is 1.93. The van der Waals surface area contributed by atoms with Crippen LogP contribution in [0.15, 0.2) is 41.8 Å². The van der Waals surface area contributed by atoms with Crippen LogP contribution in [0, 0.1) is 0 Å². The van der Waals surface area contributed by atoms with Crippen LogP contribution in [0.1, 0.15) is 15.5 Å². The number of hydrogen-bond acceptors (Lipinski definition) is 5. The number of nitrogens with one attached hydrogen (secondary N) is 1. The first-order valence-electron chi connectivity index (χ1n) is 9.34. The molecule has 1 N–H and O–H groups in total. The number of hydrogen-bond donors (Lipinski definition) is 1.